The van der Waals surface area contributed by atoms with Crippen LogP contribution in [-0.2, 0) is 0 Å². The maximum atomic E-state index is 12.6. The Morgan fingerprint density at radius 3 is 2.65 bits per heavy atom. The Morgan fingerprint density at radius 1 is 1.15 bits per heavy atom. The molecule has 0 saturated carbocycles. The molecule has 1 heterocycles. The van der Waals surface area contributed by atoms with E-state index in [4.69, 9.17) is 0 Å². The van der Waals surface area contributed by atoms with Crippen molar-refractivity contribution in [1.82, 2.24) is 10.2 Å². The molecule has 1 saturated heterocycles. The summed E-state index contributed by atoms with van der Waals surface area (Å²) in [6.07, 6.45) is 9.14. The van der Waals surface area contributed by atoms with Gasteiger partial charge in [-0.1, -0.05) is 18.6 Å². The standard InChI is InChI=1S/C21H29N3O2/c1-16-6-5-13-24(15-16)20(25)18-9-11-19(12-10-18)23-21(26)22-14-17-7-3-2-4-8-17/h7,9-12,16H,2-6,8,13-15H2,1H3,(H2,22,23,26)/t16-/m1/s1. The lowest BCUT2D eigenvalue weighted by Crippen LogP contribution is -2.39. The largest absolute Gasteiger partial charge is 0.338 e. The van der Waals surface area contributed by atoms with E-state index in [1.807, 2.05) is 4.90 Å². The lowest BCUT2D eigenvalue weighted by molar-refractivity contribution is 0.0683. The Kier molecular flexibility index (Phi) is 6.31. The summed E-state index contributed by atoms with van der Waals surface area (Å²) in [5, 5.41) is 5.73. The number of nitrogens with zero attached hydrogens (tertiary/aromatic N) is 1. The van der Waals surface area contributed by atoms with Crippen molar-refractivity contribution in [2.24, 2.45) is 5.92 Å². The third-order valence-corrected chi connectivity index (χ3v) is 5.19. The number of carbonyl (C=O) groups is 2. The smallest absolute Gasteiger partial charge is 0.319 e. The second kappa shape index (κ2) is 8.88. The maximum absolute atomic E-state index is 12.6. The van der Waals surface area contributed by atoms with E-state index < -0.39 is 0 Å². The first-order valence-corrected chi connectivity index (χ1v) is 9.74. The maximum Gasteiger partial charge on any atom is 0.319 e. The fourth-order valence-corrected chi connectivity index (χ4v) is 3.69. The molecule has 1 aliphatic carbocycles. The summed E-state index contributed by atoms with van der Waals surface area (Å²) in [5.41, 5.74) is 2.68. The van der Waals surface area contributed by atoms with Gasteiger partial charge in [-0.15, -0.1) is 0 Å². The Morgan fingerprint density at radius 2 is 1.96 bits per heavy atom. The molecule has 5 nitrogen and oxygen atoms in total. The van der Waals surface area contributed by atoms with Gasteiger partial charge in [0.1, 0.15) is 0 Å². The Bertz CT molecular complexity index is 666. The van der Waals surface area contributed by atoms with Crippen LogP contribution >= 0.6 is 0 Å². The lowest BCUT2D eigenvalue weighted by atomic mass is 9.99. The molecule has 1 aromatic carbocycles. The third-order valence-electron chi connectivity index (χ3n) is 5.19. The zero-order chi connectivity index (χ0) is 18.4. The number of piperidine rings is 1. The van der Waals surface area contributed by atoms with Crippen molar-refractivity contribution in [3.63, 3.8) is 0 Å². The highest BCUT2D eigenvalue weighted by Crippen LogP contribution is 2.19. The SMILES string of the molecule is C[C@@H]1CCCN(C(=O)c2ccc(NC(=O)NCC3=CCCCC3)cc2)C1. The van der Waals surface area contributed by atoms with Crippen molar-refractivity contribution in [1.29, 1.82) is 0 Å². The van der Waals surface area contributed by atoms with Crippen molar-refractivity contribution >= 4 is 17.6 Å². The number of hydrogen-bond acceptors (Lipinski definition) is 2. The molecule has 1 aliphatic heterocycles. The molecule has 26 heavy (non-hydrogen) atoms. The van der Waals surface area contributed by atoms with Crippen molar-refractivity contribution < 1.29 is 9.59 Å². The fourth-order valence-electron chi connectivity index (χ4n) is 3.69. The summed E-state index contributed by atoms with van der Waals surface area (Å²) >= 11 is 0. The molecule has 0 spiro atoms. The van der Waals surface area contributed by atoms with Gasteiger partial charge >= 0.3 is 6.03 Å². The van der Waals surface area contributed by atoms with Gasteiger partial charge in [-0.3, -0.25) is 4.79 Å². The molecule has 0 radical (unpaired) electrons. The predicted octanol–water partition coefficient (Wildman–Crippen LogP) is 4.18. The van der Waals surface area contributed by atoms with Crippen LogP contribution in [0.3, 0.4) is 0 Å². The van der Waals surface area contributed by atoms with Crippen LogP contribution in [0, 0.1) is 5.92 Å². The van der Waals surface area contributed by atoms with Gasteiger partial charge in [-0.05, 0) is 68.7 Å². The van der Waals surface area contributed by atoms with Crippen molar-refractivity contribution in [3.8, 4) is 0 Å². The Hall–Kier alpha value is -2.30. The molecule has 3 amide bonds. The zero-order valence-electron chi connectivity index (χ0n) is 15.6. The molecule has 0 aromatic heterocycles. The zero-order valence-corrected chi connectivity index (χ0v) is 15.6. The number of allylic oxidation sites excluding steroid dienone is 1. The van der Waals surface area contributed by atoms with Crippen LogP contribution in [0.25, 0.3) is 0 Å². The molecule has 2 N–H and O–H groups in total. The van der Waals surface area contributed by atoms with E-state index in [1.54, 1.807) is 24.3 Å². The van der Waals surface area contributed by atoms with Crippen molar-refractivity contribution in [2.75, 3.05) is 25.0 Å². The van der Waals surface area contributed by atoms with Gasteiger partial charge < -0.3 is 15.5 Å². The molecule has 0 unspecified atom stereocenters. The van der Waals surface area contributed by atoms with Gasteiger partial charge in [0.2, 0.25) is 0 Å². The molecule has 3 rings (SSSR count). The minimum absolute atomic E-state index is 0.0804. The number of rotatable bonds is 4. The van der Waals surface area contributed by atoms with Crippen LogP contribution < -0.4 is 10.6 Å². The first-order valence-electron chi connectivity index (χ1n) is 9.74. The van der Waals surface area contributed by atoms with Crippen LogP contribution in [0.1, 0.15) is 55.8 Å². The van der Waals surface area contributed by atoms with Gasteiger partial charge in [-0.25, -0.2) is 4.79 Å². The summed E-state index contributed by atoms with van der Waals surface area (Å²) in [4.78, 5) is 26.5. The van der Waals surface area contributed by atoms with Crippen LogP contribution in [0.4, 0.5) is 10.5 Å². The summed E-state index contributed by atoms with van der Waals surface area (Å²) < 4.78 is 0. The monoisotopic (exact) mass is 355 g/mol. The van der Waals surface area contributed by atoms with E-state index >= 15 is 0 Å². The normalized spacial score (nSPS) is 20.3. The second-order valence-corrected chi connectivity index (χ2v) is 7.49. The molecule has 0 bridgehead atoms. The second-order valence-electron chi connectivity index (χ2n) is 7.49. The first-order chi connectivity index (χ1) is 12.6. The van der Waals surface area contributed by atoms with Gasteiger partial charge in [0, 0.05) is 30.9 Å². The van der Waals surface area contributed by atoms with E-state index in [0.29, 0.717) is 23.7 Å². The van der Waals surface area contributed by atoms with E-state index in [2.05, 4.69) is 23.6 Å². The first kappa shape index (κ1) is 18.5. The van der Waals surface area contributed by atoms with Crippen LogP contribution in [0.5, 0.6) is 0 Å². The van der Waals surface area contributed by atoms with Gasteiger partial charge in [0.25, 0.3) is 5.91 Å². The molecule has 1 atom stereocenters. The average Bonchev–Trinajstić information content (AvgIpc) is 2.67. The van der Waals surface area contributed by atoms with E-state index in [0.717, 1.165) is 32.4 Å². The number of carbonyl (C=O) groups excluding carboxylic acids is 2. The summed E-state index contributed by atoms with van der Waals surface area (Å²) in [5.74, 6) is 0.647. The third kappa shape index (κ3) is 5.10. The van der Waals surface area contributed by atoms with Crippen LogP contribution in [-0.4, -0.2) is 36.5 Å². The Labute approximate surface area is 155 Å². The molecule has 1 aromatic rings. The molecule has 1 fully saturated rings. The number of nitrogens with one attached hydrogen (secondary N) is 2. The van der Waals surface area contributed by atoms with Gasteiger partial charge in [-0.2, -0.15) is 0 Å². The van der Waals surface area contributed by atoms with E-state index in [-0.39, 0.29) is 11.9 Å². The average molecular weight is 355 g/mol. The minimum Gasteiger partial charge on any atom is -0.338 e. The minimum atomic E-state index is -0.208. The van der Waals surface area contributed by atoms with E-state index in [1.165, 1.54) is 24.8 Å². The topological polar surface area (TPSA) is 61.4 Å². The summed E-state index contributed by atoms with van der Waals surface area (Å²) in [6.45, 7) is 4.46. The molecular formula is C21H29N3O2. The highest BCUT2D eigenvalue weighted by molar-refractivity contribution is 5.95. The van der Waals surface area contributed by atoms with Crippen LogP contribution in [0.2, 0.25) is 0 Å². The number of benzene rings is 1. The van der Waals surface area contributed by atoms with E-state index in [9.17, 15) is 9.59 Å². The van der Waals surface area contributed by atoms with Gasteiger partial charge in [0.05, 0.1) is 0 Å². The number of amides is 3. The lowest BCUT2D eigenvalue weighted by Gasteiger charge is -2.31. The molecule has 2 aliphatic rings. The van der Waals surface area contributed by atoms with Crippen molar-refractivity contribution in [3.05, 3.63) is 41.5 Å². The number of anilines is 1. The van der Waals surface area contributed by atoms with Crippen LogP contribution in [0.15, 0.2) is 35.9 Å². The molecule has 5 heteroatoms. The van der Waals surface area contributed by atoms with Crippen molar-refractivity contribution in [2.45, 2.75) is 45.4 Å². The summed E-state index contributed by atoms with van der Waals surface area (Å²) in [6, 6.07) is 6.96. The Balaban J connectivity index is 1.49. The number of hydrogen-bond donors (Lipinski definition) is 2. The highest BCUT2D eigenvalue weighted by Gasteiger charge is 2.21. The number of urea groups is 1. The number of likely N-dealkylation sites (tertiary alicyclic amines) is 1. The molecular weight excluding hydrogens is 326 g/mol. The quantitative estimate of drug-likeness (QED) is 0.796. The highest BCUT2D eigenvalue weighted by atomic mass is 16.2. The fraction of sp³-hybridized carbons (Fsp3) is 0.524. The molecule has 140 valence electrons. The summed E-state index contributed by atoms with van der Waals surface area (Å²) in [7, 11) is 0. The predicted molar refractivity (Wildman–Crippen MR) is 104 cm³/mol. The van der Waals surface area contributed by atoms with Gasteiger partial charge in [0.15, 0.2) is 0 Å².